The van der Waals surface area contributed by atoms with E-state index in [-0.39, 0.29) is 0 Å². The molecule has 0 aromatic carbocycles. The van der Waals surface area contributed by atoms with E-state index in [1.165, 1.54) is 25.9 Å². The van der Waals surface area contributed by atoms with Gasteiger partial charge in [-0.3, -0.25) is 4.90 Å². The zero-order valence-corrected chi connectivity index (χ0v) is 12.0. The molecule has 0 bridgehead atoms. The SMILES string of the molecule is CNC(CN1CCC(C)CC1C)C(C)(C)C. The lowest BCUT2D eigenvalue weighted by molar-refractivity contribution is 0.0944. The molecule has 0 amide bonds. The number of likely N-dealkylation sites (tertiary alicyclic amines) is 1. The normalized spacial score (nSPS) is 30.4. The van der Waals surface area contributed by atoms with Crippen molar-refractivity contribution < 1.29 is 0 Å². The second kappa shape index (κ2) is 5.50. The first-order valence-corrected chi connectivity index (χ1v) is 6.76. The van der Waals surface area contributed by atoms with Crippen LogP contribution in [-0.2, 0) is 0 Å². The molecule has 0 radical (unpaired) electrons. The zero-order valence-electron chi connectivity index (χ0n) is 12.0. The van der Waals surface area contributed by atoms with Crippen LogP contribution < -0.4 is 5.32 Å². The van der Waals surface area contributed by atoms with Crippen molar-refractivity contribution in [2.45, 2.75) is 59.5 Å². The summed E-state index contributed by atoms with van der Waals surface area (Å²) in [6.07, 6.45) is 2.73. The van der Waals surface area contributed by atoms with Crippen molar-refractivity contribution in [3.05, 3.63) is 0 Å². The molecule has 96 valence electrons. The van der Waals surface area contributed by atoms with Crippen LogP contribution >= 0.6 is 0 Å². The van der Waals surface area contributed by atoms with E-state index < -0.39 is 0 Å². The Labute approximate surface area is 102 Å². The van der Waals surface area contributed by atoms with E-state index >= 15 is 0 Å². The van der Waals surface area contributed by atoms with Crippen molar-refractivity contribution in [2.75, 3.05) is 20.1 Å². The molecule has 0 saturated carbocycles. The fraction of sp³-hybridized carbons (Fsp3) is 1.00. The average Bonchev–Trinajstić information content (AvgIpc) is 2.14. The van der Waals surface area contributed by atoms with Gasteiger partial charge < -0.3 is 5.32 Å². The number of hydrogen-bond donors (Lipinski definition) is 1. The molecule has 1 aliphatic rings. The first-order chi connectivity index (χ1) is 7.34. The van der Waals surface area contributed by atoms with E-state index in [9.17, 15) is 0 Å². The molecule has 0 spiro atoms. The third-order valence-corrected chi connectivity index (χ3v) is 4.09. The van der Waals surface area contributed by atoms with Crippen LogP contribution in [0.4, 0.5) is 0 Å². The smallest absolute Gasteiger partial charge is 0.0240 e. The Bertz CT molecular complexity index is 207. The summed E-state index contributed by atoms with van der Waals surface area (Å²) in [4.78, 5) is 2.66. The van der Waals surface area contributed by atoms with Crippen molar-refractivity contribution in [1.82, 2.24) is 10.2 Å². The summed E-state index contributed by atoms with van der Waals surface area (Å²) in [5.74, 6) is 0.911. The Balaban J connectivity index is 2.52. The Morgan fingerprint density at radius 1 is 1.31 bits per heavy atom. The molecule has 0 aromatic heterocycles. The number of likely N-dealkylation sites (N-methyl/N-ethyl adjacent to an activating group) is 1. The molecule has 0 aromatic rings. The minimum Gasteiger partial charge on any atom is -0.315 e. The van der Waals surface area contributed by atoms with Crippen molar-refractivity contribution in [3.63, 3.8) is 0 Å². The van der Waals surface area contributed by atoms with Gasteiger partial charge in [0.2, 0.25) is 0 Å². The minimum atomic E-state index is 0.345. The molecule has 0 aliphatic carbocycles. The van der Waals surface area contributed by atoms with Gasteiger partial charge in [-0.25, -0.2) is 0 Å². The highest BCUT2D eigenvalue weighted by Gasteiger charge is 2.29. The summed E-state index contributed by atoms with van der Waals surface area (Å²) in [6, 6.07) is 1.34. The van der Waals surface area contributed by atoms with Gasteiger partial charge in [-0.15, -0.1) is 0 Å². The Morgan fingerprint density at radius 2 is 1.94 bits per heavy atom. The van der Waals surface area contributed by atoms with Gasteiger partial charge in [-0.2, -0.15) is 0 Å². The number of hydrogen-bond acceptors (Lipinski definition) is 2. The molecule has 2 nitrogen and oxygen atoms in total. The summed E-state index contributed by atoms with van der Waals surface area (Å²) in [7, 11) is 2.09. The van der Waals surface area contributed by atoms with E-state index in [0.717, 1.165) is 12.0 Å². The second-order valence-electron chi connectivity index (χ2n) is 6.68. The third-order valence-electron chi connectivity index (χ3n) is 4.09. The quantitative estimate of drug-likeness (QED) is 0.796. The summed E-state index contributed by atoms with van der Waals surface area (Å²) >= 11 is 0. The standard InChI is InChI=1S/C14H30N2/c1-11-7-8-16(12(2)9-11)10-13(15-6)14(3,4)5/h11-13,15H,7-10H2,1-6H3. The fourth-order valence-electron chi connectivity index (χ4n) is 2.76. The molecular weight excluding hydrogens is 196 g/mol. The number of piperidine rings is 1. The highest BCUT2D eigenvalue weighted by atomic mass is 15.2. The highest BCUT2D eigenvalue weighted by Crippen LogP contribution is 2.25. The Hall–Kier alpha value is -0.0800. The van der Waals surface area contributed by atoms with Crippen molar-refractivity contribution >= 4 is 0 Å². The lowest BCUT2D eigenvalue weighted by atomic mass is 9.85. The maximum atomic E-state index is 3.48. The van der Waals surface area contributed by atoms with Gasteiger partial charge >= 0.3 is 0 Å². The van der Waals surface area contributed by atoms with Gasteiger partial charge in [0.15, 0.2) is 0 Å². The largest absolute Gasteiger partial charge is 0.315 e. The maximum absolute atomic E-state index is 3.48. The lowest BCUT2D eigenvalue weighted by Gasteiger charge is -2.41. The van der Waals surface area contributed by atoms with Crippen molar-refractivity contribution in [1.29, 1.82) is 0 Å². The van der Waals surface area contributed by atoms with Crippen LogP contribution in [0.1, 0.15) is 47.5 Å². The molecule has 2 heteroatoms. The van der Waals surface area contributed by atoms with Crippen LogP contribution in [0.3, 0.4) is 0 Å². The van der Waals surface area contributed by atoms with E-state index in [1.54, 1.807) is 0 Å². The predicted octanol–water partition coefficient (Wildman–Crippen LogP) is 2.74. The molecule has 1 fully saturated rings. The Morgan fingerprint density at radius 3 is 2.38 bits per heavy atom. The summed E-state index contributed by atoms with van der Waals surface area (Å²) in [5, 5.41) is 3.48. The third kappa shape index (κ3) is 3.74. The number of nitrogens with one attached hydrogen (secondary N) is 1. The molecule has 1 N–H and O–H groups in total. The van der Waals surface area contributed by atoms with Crippen LogP contribution in [0.5, 0.6) is 0 Å². The Kier molecular flexibility index (Phi) is 4.81. The van der Waals surface area contributed by atoms with Crippen molar-refractivity contribution in [3.8, 4) is 0 Å². The zero-order chi connectivity index (χ0) is 12.3. The van der Waals surface area contributed by atoms with Gasteiger partial charge in [-0.1, -0.05) is 27.7 Å². The molecule has 3 unspecified atom stereocenters. The van der Waals surface area contributed by atoms with E-state index in [1.807, 2.05) is 0 Å². The predicted molar refractivity (Wildman–Crippen MR) is 71.7 cm³/mol. The summed E-state index contributed by atoms with van der Waals surface area (Å²) in [6.45, 7) is 14.2. The average molecular weight is 226 g/mol. The number of nitrogens with zero attached hydrogens (tertiary/aromatic N) is 1. The number of rotatable bonds is 3. The first kappa shape index (κ1) is 14.0. The maximum Gasteiger partial charge on any atom is 0.0240 e. The van der Waals surface area contributed by atoms with Crippen LogP contribution in [-0.4, -0.2) is 37.1 Å². The summed E-state index contributed by atoms with van der Waals surface area (Å²) < 4.78 is 0. The van der Waals surface area contributed by atoms with Crippen LogP contribution in [0.25, 0.3) is 0 Å². The van der Waals surface area contributed by atoms with E-state index in [0.29, 0.717) is 11.5 Å². The highest BCUT2D eigenvalue weighted by molar-refractivity contribution is 4.86. The van der Waals surface area contributed by atoms with Crippen LogP contribution in [0.15, 0.2) is 0 Å². The molecule has 3 atom stereocenters. The molecule has 1 heterocycles. The first-order valence-electron chi connectivity index (χ1n) is 6.76. The molecule has 1 rings (SSSR count). The van der Waals surface area contributed by atoms with Gasteiger partial charge in [0.05, 0.1) is 0 Å². The van der Waals surface area contributed by atoms with Crippen molar-refractivity contribution in [2.24, 2.45) is 11.3 Å². The van der Waals surface area contributed by atoms with Gasteiger partial charge in [0.25, 0.3) is 0 Å². The van der Waals surface area contributed by atoms with E-state index in [2.05, 4.69) is 51.9 Å². The fourth-order valence-corrected chi connectivity index (χ4v) is 2.76. The topological polar surface area (TPSA) is 15.3 Å². The van der Waals surface area contributed by atoms with Crippen LogP contribution in [0, 0.1) is 11.3 Å². The second-order valence-corrected chi connectivity index (χ2v) is 6.68. The van der Waals surface area contributed by atoms with Gasteiger partial charge in [0.1, 0.15) is 0 Å². The molecule has 1 saturated heterocycles. The van der Waals surface area contributed by atoms with Gasteiger partial charge in [0, 0.05) is 18.6 Å². The molecule has 1 aliphatic heterocycles. The van der Waals surface area contributed by atoms with E-state index in [4.69, 9.17) is 0 Å². The minimum absolute atomic E-state index is 0.345. The molecular formula is C14H30N2. The van der Waals surface area contributed by atoms with Gasteiger partial charge in [-0.05, 0) is 44.7 Å². The lowest BCUT2D eigenvalue weighted by Crippen LogP contribution is -2.51. The molecule has 16 heavy (non-hydrogen) atoms. The monoisotopic (exact) mass is 226 g/mol. The summed E-state index contributed by atoms with van der Waals surface area (Å²) in [5.41, 5.74) is 0.345. The van der Waals surface area contributed by atoms with Crippen LogP contribution in [0.2, 0.25) is 0 Å².